The number of aromatic nitrogens is 1. The number of hydrogen-bond acceptors (Lipinski definition) is 8. The molecule has 4 amide bonds. The molecule has 0 spiro atoms. The number of aliphatic hydroxyl groups is 1. The summed E-state index contributed by atoms with van der Waals surface area (Å²) < 4.78 is 0. The van der Waals surface area contributed by atoms with Crippen molar-refractivity contribution >= 4 is 40.5 Å². The first-order chi connectivity index (χ1) is 18.9. The highest BCUT2D eigenvalue weighted by atomic mass is 16.4. The molecule has 1 aromatic heterocycles. The van der Waals surface area contributed by atoms with Crippen LogP contribution in [0.1, 0.15) is 44.6 Å². The highest BCUT2D eigenvalue weighted by Crippen LogP contribution is 2.19. The third-order valence-corrected chi connectivity index (χ3v) is 6.39. The van der Waals surface area contributed by atoms with Gasteiger partial charge in [-0.1, -0.05) is 18.2 Å². The molecule has 0 saturated carbocycles. The average Bonchev–Trinajstić information content (AvgIpc) is 3.30. The number of hydrogen-bond donors (Lipinski definition) is 9. The zero-order valence-electron chi connectivity index (χ0n) is 22.4. The van der Waals surface area contributed by atoms with Gasteiger partial charge in [0.2, 0.25) is 23.6 Å². The molecule has 14 heteroatoms. The Bertz CT molecular complexity index is 1180. The van der Waals surface area contributed by atoms with E-state index in [9.17, 15) is 34.2 Å². The minimum atomic E-state index is -1.54. The molecule has 0 saturated heterocycles. The van der Waals surface area contributed by atoms with Crippen molar-refractivity contribution in [2.75, 3.05) is 6.54 Å². The number of carbonyl (C=O) groups excluding carboxylic acids is 4. The first-order valence-corrected chi connectivity index (χ1v) is 13.1. The van der Waals surface area contributed by atoms with E-state index in [-0.39, 0.29) is 25.7 Å². The summed E-state index contributed by atoms with van der Waals surface area (Å²) in [7, 11) is 0. The van der Waals surface area contributed by atoms with Crippen molar-refractivity contribution < 1.29 is 34.2 Å². The maximum atomic E-state index is 13.2. The lowest BCUT2D eigenvalue weighted by Gasteiger charge is -2.26. The van der Waals surface area contributed by atoms with Crippen molar-refractivity contribution in [2.45, 2.75) is 75.7 Å². The van der Waals surface area contributed by atoms with Crippen molar-refractivity contribution in [3.05, 3.63) is 36.0 Å². The van der Waals surface area contributed by atoms with Crippen LogP contribution in [0, 0.1) is 0 Å². The molecule has 5 atom stereocenters. The van der Waals surface area contributed by atoms with Crippen LogP contribution < -0.4 is 33.2 Å². The molecule has 5 unspecified atom stereocenters. The summed E-state index contributed by atoms with van der Waals surface area (Å²) in [6.07, 6.45) is 1.21. The Balaban J connectivity index is 2.11. The van der Waals surface area contributed by atoms with Gasteiger partial charge in [0, 0.05) is 23.5 Å². The van der Waals surface area contributed by atoms with E-state index in [2.05, 4.69) is 20.9 Å². The molecule has 1 aromatic carbocycles. The highest BCUT2D eigenvalue weighted by Gasteiger charge is 2.32. The highest BCUT2D eigenvalue weighted by molar-refractivity contribution is 5.94. The van der Waals surface area contributed by atoms with Crippen LogP contribution in [0.2, 0.25) is 0 Å². The maximum Gasteiger partial charge on any atom is 0.326 e. The van der Waals surface area contributed by atoms with E-state index < -0.39 is 59.9 Å². The number of fused-ring (bicyclic) bond motifs is 1. The molecular formula is C26H39N7O7. The van der Waals surface area contributed by atoms with Crippen molar-refractivity contribution in [1.29, 1.82) is 0 Å². The van der Waals surface area contributed by atoms with Crippen LogP contribution in [0.3, 0.4) is 0 Å². The second kappa shape index (κ2) is 15.5. The SMILES string of the molecule is CC(O)C(NC(=O)C(CCCCN)NC(=O)C(N)Cc1c[nH]c2ccccc12)C(=O)NC(CCC(N)=O)C(=O)O. The normalized spacial score (nSPS) is 14.9. The number of nitrogens with two attached hydrogens (primary N) is 3. The molecular weight excluding hydrogens is 522 g/mol. The Hall–Kier alpha value is -4.01. The van der Waals surface area contributed by atoms with E-state index in [0.717, 1.165) is 16.5 Å². The number of carbonyl (C=O) groups is 5. The van der Waals surface area contributed by atoms with E-state index in [0.29, 0.717) is 19.4 Å². The number of benzene rings is 1. The minimum absolute atomic E-state index is 0.180. The van der Waals surface area contributed by atoms with Crippen molar-refractivity contribution in [1.82, 2.24) is 20.9 Å². The predicted octanol–water partition coefficient (Wildman–Crippen LogP) is -1.65. The fourth-order valence-electron chi connectivity index (χ4n) is 4.14. The van der Waals surface area contributed by atoms with E-state index in [4.69, 9.17) is 17.2 Å². The Morgan fingerprint density at radius 3 is 2.25 bits per heavy atom. The molecule has 2 rings (SSSR count). The van der Waals surface area contributed by atoms with Gasteiger partial charge in [0.25, 0.3) is 0 Å². The van der Waals surface area contributed by atoms with E-state index in [1.807, 2.05) is 24.3 Å². The second-order valence-corrected chi connectivity index (χ2v) is 9.65. The van der Waals surface area contributed by atoms with Gasteiger partial charge in [-0.3, -0.25) is 19.2 Å². The summed E-state index contributed by atoms with van der Waals surface area (Å²) in [5, 5.41) is 27.7. The molecule has 1 heterocycles. The van der Waals surface area contributed by atoms with Crippen LogP contribution in [0.15, 0.2) is 30.5 Å². The topological polar surface area (TPSA) is 256 Å². The van der Waals surface area contributed by atoms with Gasteiger partial charge >= 0.3 is 5.97 Å². The number of nitrogens with one attached hydrogen (secondary N) is 4. The van der Waals surface area contributed by atoms with Crippen molar-refractivity contribution in [2.24, 2.45) is 17.2 Å². The molecule has 0 fully saturated rings. The maximum absolute atomic E-state index is 13.2. The molecule has 0 aliphatic carbocycles. The van der Waals surface area contributed by atoms with Crippen LogP contribution in [0.5, 0.6) is 0 Å². The van der Waals surface area contributed by atoms with Crippen molar-refractivity contribution in [3.8, 4) is 0 Å². The lowest BCUT2D eigenvalue weighted by atomic mass is 10.0. The number of carboxylic acid groups (broad SMARTS) is 1. The molecule has 220 valence electrons. The number of carboxylic acids is 1. The summed E-state index contributed by atoms with van der Waals surface area (Å²) >= 11 is 0. The van der Waals surface area contributed by atoms with Crippen LogP contribution in [-0.2, 0) is 30.4 Å². The first kappa shape index (κ1) is 32.2. The lowest BCUT2D eigenvalue weighted by molar-refractivity contribution is -0.143. The number of aliphatic hydroxyl groups excluding tert-OH is 1. The third kappa shape index (κ3) is 9.63. The van der Waals surface area contributed by atoms with Crippen LogP contribution in [0.4, 0.5) is 0 Å². The van der Waals surface area contributed by atoms with Gasteiger partial charge in [0.05, 0.1) is 12.1 Å². The number of aliphatic carboxylic acids is 1. The molecule has 0 aliphatic rings. The number of amides is 4. The minimum Gasteiger partial charge on any atom is -0.480 e. The Kier molecular flexibility index (Phi) is 12.5. The van der Waals surface area contributed by atoms with E-state index >= 15 is 0 Å². The Morgan fingerprint density at radius 1 is 0.950 bits per heavy atom. The van der Waals surface area contributed by atoms with Crippen LogP contribution >= 0.6 is 0 Å². The first-order valence-electron chi connectivity index (χ1n) is 13.1. The summed E-state index contributed by atoms with van der Waals surface area (Å²) in [5.41, 5.74) is 18.5. The van der Waals surface area contributed by atoms with E-state index in [1.54, 1.807) is 6.20 Å². The fourth-order valence-corrected chi connectivity index (χ4v) is 4.14. The van der Waals surface area contributed by atoms with Gasteiger partial charge < -0.3 is 48.3 Å². The second-order valence-electron chi connectivity index (χ2n) is 9.65. The van der Waals surface area contributed by atoms with Gasteiger partial charge in [-0.25, -0.2) is 4.79 Å². The van der Waals surface area contributed by atoms with E-state index in [1.165, 1.54) is 6.92 Å². The molecule has 0 aliphatic heterocycles. The number of aromatic amines is 1. The predicted molar refractivity (Wildman–Crippen MR) is 146 cm³/mol. The zero-order valence-corrected chi connectivity index (χ0v) is 22.4. The number of H-pyrrole nitrogens is 1. The summed E-state index contributed by atoms with van der Waals surface area (Å²) in [6, 6.07) is 2.44. The van der Waals surface area contributed by atoms with Gasteiger partial charge in [0.1, 0.15) is 18.1 Å². The van der Waals surface area contributed by atoms with Gasteiger partial charge in [-0.2, -0.15) is 0 Å². The van der Waals surface area contributed by atoms with Crippen LogP contribution in [-0.4, -0.2) is 81.6 Å². The molecule has 40 heavy (non-hydrogen) atoms. The standard InChI is InChI=1S/C26H39N7O7/c1-14(34)22(25(38)32-20(26(39)40)9-10-21(29)35)33-24(37)19(8-4-5-11-27)31-23(36)17(28)12-15-13-30-18-7-3-2-6-16(15)18/h2-3,6-7,13-14,17,19-20,22,30,34H,4-5,8-12,27-28H2,1H3,(H2,29,35)(H,31,36)(H,32,38)(H,33,37)(H,39,40). The fraction of sp³-hybridized carbons (Fsp3) is 0.500. The summed E-state index contributed by atoms with van der Waals surface area (Å²) in [5.74, 6) is -4.51. The summed E-state index contributed by atoms with van der Waals surface area (Å²) in [4.78, 5) is 64.6. The van der Waals surface area contributed by atoms with Gasteiger partial charge in [0.15, 0.2) is 0 Å². The zero-order chi connectivity index (χ0) is 29.8. The molecule has 2 aromatic rings. The lowest BCUT2D eigenvalue weighted by Crippen LogP contribution is -2.60. The average molecular weight is 562 g/mol. The molecule has 14 nitrogen and oxygen atoms in total. The number of primary amides is 1. The van der Waals surface area contributed by atoms with Gasteiger partial charge in [-0.05, 0) is 57.2 Å². The largest absolute Gasteiger partial charge is 0.480 e. The number of rotatable bonds is 17. The van der Waals surface area contributed by atoms with Crippen molar-refractivity contribution in [3.63, 3.8) is 0 Å². The third-order valence-electron chi connectivity index (χ3n) is 6.39. The molecule has 12 N–H and O–H groups in total. The van der Waals surface area contributed by atoms with Crippen LogP contribution in [0.25, 0.3) is 10.9 Å². The Labute approximate surface area is 231 Å². The molecule has 0 bridgehead atoms. The number of unbranched alkanes of at least 4 members (excludes halogenated alkanes) is 1. The number of para-hydroxylation sites is 1. The Morgan fingerprint density at radius 2 is 1.62 bits per heavy atom. The summed E-state index contributed by atoms with van der Waals surface area (Å²) in [6.45, 7) is 1.60. The van der Waals surface area contributed by atoms with Gasteiger partial charge in [-0.15, -0.1) is 0 Å². The molecule has 0 radical (unpaired) electrons. The smallest absolute Gasteiger partial charge is 0.326 e. The quantitative estimate of drug-likeness (QED) is 0.100. The monoisotopic (exact) mass is 561 g/mol.